The van der Waals surface area contributed by atoms with Crippen molar-refractivity contribution in [2.45, 2.75) is 32.6 Å². The van der Waals surface area contributed by atoms with Crippen molar-refractivity contribution in [1.82, 2.24) is 0 Å². The van der Waals surface area contributed by atoms with Gasteiger partial charge < -0.3 is 10.1 Å². The summed E-state index contributed by atoms with van der Waals surface area (Å²) in [5.41, 5.74) is 2.10. The maximum absolute atomic E-state index is 11.9. The number of carbonyl (C=O) groups excluding carboxylic acids is 1. The number of amides is 1. The molecule has 2 aromatic rings. The van der Waals surface area contributed by atoms with E-state index in [2.05, 4.69) is 47.0 Å². The predicted molar refractivity (Wildman–Crippen MR) is 103 cm³/mol. The zero-order chi connectivity index (χ0) is 16.5. The van der Waals surface area contributed by atoms with Gasteiger partial charge in [-0.25, -0.2) is 0 Å². The first-order valence-electron chi connectivity index (χ1n) is 7.94. The van der Waals surface area contributed by atoms with Crippen LogP contribution in [0.2, 0.25) is 0 Å². The SMILES string of the molecule is CCCCCc1ccc(OCC(=O)Nc2cccc(I)c2)cc1. The highest BCUT2D eigenvalue weighted by molar-refractivity contribution is 14.1. The fraction of sp³-hybridized carbons (Fsp3) is 0.316. The summed E-state index contributed by atoms with van der Waals surface area (Å²) in [7, 11) is 0. The normalized spacial score (nSPS) is 10.3. The van der Waals surface area contributed by atoms with E-state index in [1.807, 2.05) is 36.4 Å². The van der Waals surface area contributed by atoms with Gasteiger partial charge >= 0.3 is 0 Å². The molecule has 1 amide bonds. The van der Waals surface area contributed by atoms with E-state index in [1.54, 1.807) is 0 Å². The van der Waals surface area contributed by atoms with Gasteiger partial charge in [0.1, 0.15) is 5.75 Å². The topological polar surface area (TPSA) is 38.3 Å². The zero-order valence-electron chi connectivity index (χ0n) is 13.3. The molecule has 122 valence electrons. The van der Waals surface area contributed by atoms with Crippen LogP contribution in [0.25, 0.3) is 0 Å². The van der Waals surface area contributed by atoms with Crippen LogP contribution in [-0.2, 0) is 11.2 Å². The van der Waals surface area contributed by atoms with E-state index < -0.39 is 0 Å². The second-order valence-electron chi connectivity index (χ2n) is 5.45. The number of hydrogen-bond donors (Lipinski definition) is 1. The summed E-state index contributed by atoms with van der Waals surface area (Å²) < 4.78 is 6.62. The molecule has 23 heavy (non-hydrogen) atoms. The van der Waals surface area contributed by atoms with Gasteiger partial charge in [0.25, 0.3) is 5.91 Å². The summed E-state index contributed by atoms with van der Waals surface area (Å²) in [5, 5.41) is 2.83. The van der Waals surface area contributed by atoms with E-state index in [-0.39, 0.29) is 12.5 Å². The Balaban J connectivity index is 1.77. The molecule has 2 aromatic carbocycles. The fourth-order valence-corrected chi connectivity index (χ4v) is 2.79. The quantitative estimate of drug-likeness (QED) is 0.477. The minimum Gasteiger partial charge on any atom is -0.484 e. The van der Waals surface area contributed by atoms with E-state index in [0.717, 1.165) is 21.4 Å². The molecular formula is C19H22INO2. The summed E-state index contributed by atoms with van der Waals surface area (Å²) >= 11 is 2.22. The average molecular weight is 423 g/mol. The molecule has 4 heteroatoms. The first-order valence-corrected chi connectivity index (χ1v) is 9.02. The van der Waals surface area contributed by atoms with Crippen LogP contribution in [0.4, 0.5) is 5.69 Å². The molecule has 2 rings (SSSR count). The fourth-order valence-electron chi connectivity index (χ4n) is 2.24. The number of rotatable bonds is 8. The summed E-state index contributed by atoms with van der Waals surface area (Å²) in [6, 6.07) is 15.7. The average Bonchev–Trinajstić information content (AvgIpc) is 2.54. The number of aryl methyl sites for hydroxylation is 1. The molecule has 0 spiro atoms. The van der Waals surface area contributed by atoms with Gasteiger partial charge in [0.15, 0.2) is 6.61 Å². The van der Waals surface area contributed by atoms with Gasteiger partial charge in [0.05, 0.1) is 0 Å². The lowest BCUT2D eigenvalue weighted by atomic mass is 10.1. The molecule has 0 fully saturated rings. The van der Waals surface area contributed by atoms with Crippen molar-refractivity contribution in [3.8, 4) is 5.75 Å². The number of nitrogens with one attached hydrogen (secondary N) is 1. The minimum atomic E-state index is -0.154. The molecule has 0 bridgehead atoms. The van der Waals surface area contributed by atoms with Crippen LogP contribution in [0.3, 0.4) is 0 Å². The van der Waals surface area contributed by atoms with E-state index in [4.69, 9.17) is 4.74 Å². The second-order valence-corrected chi connectivity index (χ2v) is 6.69. The number of halogens is 1. The van der Waals surface area contributed by atoms with Crippen LogP contribution in [0.1, 0.15) is 31.7 Å². The molecule has 0 heterocycles. The van der Waals surface area contributed by atoms with Crippen LogP contribution in [0, 0.1) is 3.57 Å². The van der Waals surface area contributed by atoms with Crippen molar-refractivity contribution in [1.29, 1.82) is 0 Å². The zero-order valence-corrected chi connectivity index (χ0v) is 15.5. The molecule has 0 atom stereocenters. The van der Waals surface area contributed by atoms with E-state index in [1.165, 1.54) is 24.8 Å². The lowest BCUT2D eigenvalue weighted by Crippen LogP contribution is -2.20. The largest absolute Gasteiger partial charge is 0.484 e. The Morgan fingerprint density at radius 1 is 1.13 bits per heavy atom. The highest BCUT2D eigenvalue weighted by Gasteiger charge is 2.04. The van der Waals surface area contributed by atoms with E-state index in [9.17, 15) is 4.79 Å². The summed E-state index contributed by atoms with van der Waals surface area (Å²) in [6.07, 6.45) is 4.81. The van der Waals surface area contributed by atoms with Gasteiger partial charge in [0, 0.05) is 9.26 Å². The van der Waals surface area contributed by atoms with Crippen LogP contribution >= 0.6 is 22.6 Å². The molecule has 0 saturated carbocycles. The number of benzene rings is 2. The third-order valence-electron chi connectivity index (χ3n) is 3.47. The molecule has 0 aliphatic rings. The van der Waals surface area contributed by atoms with Gasteiger partial charge in [-0.1, -0.05) is 38.0 Å². The molecule has 0 aliphatic carbocycles. The third kappa shape index (κ3) is 6.60. The molecular weight excluding hydrogens is 401 g/mol. The summed E-state index contributed by atoms with van der Waals surface area (Å²) in [4.78, 5) is 11.9. The van der Waals surface area contributed by atoms with Crippen LogP contribution in [0.15, 0.2) is 48.5 Å². The highest BCUT2D eigenvalue weighted by atomic mass is 127. The molecule has 0 aliphatic heterocycles. The maximum atomic E-state index is 11.9. The first-order chi connectivity index (χ1) is 11.2. The van der Waals surface area contributed by atoms with Crippen molar-refractivity contribution in [3.63, 3.8) is 0 Å². The Morgan fingerprint density at radius 2 is 1.91 bits per heavy atom. The minimum absolute atomic E-state index is 0.0145. The lowest BCUT2D eigenvalue weighted by Gasteiger charge is -2.08. The highest BCUT2D eigenvalue weighted by Crippen LogP contribution is 2.15. The number of ether oxygens (including phenoxy) is 1. The van der Waals surface area contributed by atoms with Crippen LogP contribution < -0.4 is 10.1 Å². The molecule has 3 nitrogen and oxygen atoms in total. The maximum Gasteiger partial charge on any atom is 0.262 e. The monoisotopic (exact) mass is 423 g/mol. The van der Waals surface area contributed by atoms with Gasteiger partial charge in [-0.15, -0.1) is 0 Å². The predicted octanol–water partition coefficient (Wildman–Crippen LogP) is 5.04. The summed E-state index contributed by atoms with van der Waals surface area (Å²) in [5.74, 6) is 0.570. The first kappa shape index (κ1) is 17.8. The van der Waals surface area contributed by atoms with Gasteiger partial charge in [0.2, 0.25) is 0 Å². The Hall–Kier alpha value is -1.56. The van der Waals surface area contributed by atoms with Gasteiger partial charge in [-0.3, -0.25) is 4.79 Å². The van der Waals surface area contributed by atoms with E-state index in [0.29, 0.717) is 0 Å². The standard InChI is InChI=1S/C19H22INO2/c1-2-3-4-6-15-9-11-18(12-10-15)23-14-19(22)21-17-8-5-7-16(20)13-17/h5,7-13H,2-4,6,14H2,1H3,(H,21,22). The molecule has 0 radical (unpaired) electrons. The van der Waals surface area contributed by atoms with Crippen molar-refractivity contribution in [2.75, 3.05) is 11.9 Å². The molecule has 1 N–H and O–H groups in total. The number of anilines is 1. The third-order valence-corrected chi connectivity index (χ3v) is 4.14. The number of carbonyl (C=O) groups is 1. The van der Waals surface area contributed by atoms with Crippen LogP contribution in [0.5, 0.6) is 5.75 Å². The van der Waals surface area contributed by atoms with E-state index >= 15 is 0 Å². The van der Waals surface area contributed by atoms with Crippen LogP contribution in [-0.4, -0.2) is 12.5 Å². The van der Waals surface area contributed by atoms with Crippen molar-refractivity contribution in [3.05, 3.63) is 57.7 Å². The van der Waals surface area contributed by atoms with Crippen molar-refractivity contribution >= 4 is 34.2 Å². The Bertz CT molecular complexity index is 626. The smallest absolute Gasteiger partial charge is 0.262 e. The Morgan fingerprint density at radius 3 is 2.61 bits per heavy atom. The number of hydrogen-bond acceptors (Lipinski definition) is 2. The van der Waals surface area contributed by atoms with Crippen molar-refractivity contribution < 1.29 is 9.53 Å². The number of unbranched alkanes of at least 4 members (excludes halogenated alkanes) is 2. The molecule has 0 saturated heterocycles. The second kappa shape index (κ2) is 9.55. The lowest BCUT2D eigenvalue weighted by molar-refractivity contribution is -0.118. The van der Waals surface area contributed by atoms with Gasteiger partial charge in [-0.2, -0.15) is 0 Å². The Labute approximate surface area is 151 Å². The van der Waals surface area contributed by atoms with Crippen molar-refractivity contribution in [2.24, 2.45) is 0 Å². The molecule has 0 aromatic heterocycles. The molecule has 0 unspecified atom stereocenters. The Kier molecular flexibility index (Phi) is 7.39. The summed E-state index contributed by atoms with van der Waals surface area (Å²) in [6.45, 7) is 2.22. The van der Waals surface area contributed by atoms with Gasteiger partial charge in [-0.05, 0) is 71.3 Å².